The molecule has 6 heteroatoms. The minimum Gasteiger partial charge on any atom is -0.505 e. The Morgan fingerprint density at radius 1 is 1.17 bits per heavy atom. The van der Waals surface area contributed by atoms with Crippen molar-refractivity contribution in [2.24, 2.45) is 0 Å². The number of phenols is 1. The van der Waals surface area contributed by atoms with Crippen LogP contribution in [0.25, 0.3) is 0 Å². The molecule has 1 aliphatic rings. The Hall–Kier alpha value is -1.72. The number of rotatable bonds is 2. The fourth-order valence-electron chi connectivity index (χ4n) is 2.83. The van der Waals surface area contributed by atoms with E-state index in [9.17, 15) is 23.1 Å². The predicted octanol–water partition coefficient (Wildman–Crippen LogP) is 4.32. The van der Waals surface area contributed by atoms with Crippen molar-refractivity contribution in [3.8, 4) is 5.75 Å². The molecule has 1 aromatic carbocycles. The number of benzene rings is 1. The second-order valence-corrected chi connectivity index (χ2v) is 7.11. The Morgan fingerprint density at radius 3 is 2.22 bits per heavy atom. The van der Waals surface area contributed by atoms with Crippen molar-refractivity contribution >= 4 is 5.97 Å². The lowest BCUT2D eigenvalue weighted by atomic mass is 9.68. The third-order valence-electron chi connectivity index (χ3n) is 4.12. The summed E-state index contributed by atoms with van der Waals surface area (Å²) in [5.74, 6) is -4.90. The largest absolute Gasteiger partial charge is 0.505 e. The Labute approximate surface area is 133 Å². The van der Waals surface area contributed by atoms with Gasteiger partial charge < -0.3 is 9.84 Å². The van der Waals surface area contributed by atoms with Gasteiger partial charge in [-0.25, -0.2) is 13.2 Å². The molecule has 1 N–H and O–H groups in total. The zero-order valence-corrected chi connectivity index (χ0v) is 13.5. The lowest BCUT2D eigenvalue weighted by molar-refractivity contribution is -0.167. The molecule has 0 amide bonds. The highest BCUT2D eigenvalue weighted by atomic mass is 19.3. The molecular formula is C17H21F3O3. The maximum Gasteiger partial charge on any atom is 0.317 e. The number of alkyl halides is 2. The Kier molecular flexibility index (Phi) is 4.39. The fourth-order valence-corrected chi connectivity index (χ4v) is 2.83. The summed E-state index contributed by atoms with van der Waals surface area (Å²) in [7, 11) is 0. The summed E-state index contributed by atoms with van der Waals surface area (Å²) in [5, 5.41) is 9.32. The summed E-state index contributed by atoms with van der Waals surface area (Å²) < 4.78 is 46.2. The first-order valence-electron chi connectivity index (χ1n) is 7.56. The van der Waals surface area contributed by atoms with Crippen molar-refractivity contribution in [1.29, 1.82) is 0 Å². The van der Waals surface area contributed by atoms with Crippen molar-refractivity contribution in [1.82, 2.24) is 0 Å². The summed E-state index contributed by atoms with van der Waals surface area (Å²) in [6, 6.07) is 3.55. The lowest BCUT2D eigenvalue weighted by Gasteiger charge is -2.40. The molecule has 0 radical (unpaired) electrons. The van der Waals surface area contributed by atoms with Crippen LogP contribution in [0.4, 0.5) is 13.2 Å². The first-order chi connectivity index (χ1) is 10.5. The normalized spacial score (nSPS) is 20.1. The number of esters is 1. The summed E-state index contributed by atoms with van der Waals surface area (Å²) in [5.41, 5.74) is -1.83. The highest BCUT2D eigenvalue weighted by Crippen LogP contribution is 2.47. The van der Waals surface area contributed by atoms with E-state index in [2.05, 4.69) is 0 Å². The SMILES string of the molecule is CC(C)(C)OC(=O)C1(c2ccc(O)c(F)c2)CCC(F)(F)CC1. The molecule has 0 bridgehead atoms. The Morgan fingerprint density at radius 2 is 1.74 bits per heavy atom. The molecule has 1 aliphatic carbocycles. The highest BCUT2D eigenvalue weighted by molar-refractivity contribution is 5.84. The highest BCUT2D eigenvalue weighted by Gasteiger charge is 2.50. The number of phenolic OH excluding ortho intramolecular Hbond substituents is 1. The van der Waals surface area contributed by atoms with Crippen molar-refractivity contribution < 1.29 is 27.8 Å². The van der Waals surface area contributed by atoms with E-state index >= 15 is 0 Å². The zero-order valence-electron chi connectivity index (χ0n) is 13.5. The third-order valence-corrected chi connectivity index (χ3v) is 4.12. The molecular weight excluding hydrogens is 309 g/mol. The molecule has 0 aliphatic heterocycles. The number of aromatic hydroxyl groups is 1. The van der Waals surface area contributed by atoms with Gasteiger partial charge in [0.25, 0.3) is 0 Å². The molecule has 0 heterocycles. The first-order valence-corrected chi connectivity index (χ1v) is 7.56. The van der Waals surface area contributed by atoms with Crippen LogP contribution in [0, 0.1) is 5.82 Å². The van der Waals surface area contributed by atoms with E-state index in [4.69, 9.17) is 4.74 Å². The van der Waals surface area contributed by atoms with E-state index in [0.717, 1.165) is 12.1 Å². The topological polar surface area (TPSA) is 46.5 Å². The molecule has 1 fully saturated rings. The number of carbonyl (C=O) groups excluding carboxylic acids is 1. The van der Waals surface area contributed by atoms with Crippen LogP contribution in [0.1, 0.15) is 52.0 Å². The van der Waals surface area contributed by atoms with Crippen LogP contribution in [0.3, 0.4) is 0 Å². The van der Waals surface area contributed by atoms with E-state index in [0.29, 0.717) is 0 Å². The van der Waals surface area contributed by atoms with Crippen LogP contribution in [0.15, 0.2) is 18.2 Å². The Balaban J connectivity index is 2.43. The molecule has 0 unspecified atom stereocenters. The monoisotopic (exact) mass is 330 g/mol. The van der Waals surface area contributed by atoms with Gasteiger partial charge in [-0.2, -0.15) is 0 Å². The van der Waals surface area contributed by atoms with Gasteiger partial charge in [0.05, 0.1) is 5.41 Å². The number of hydrogen-bond acceptors (Lipinski definition) is 3. The molecule has 2 rings (SSSR count). The van der Waals surface area contributed by atoms with Crippen molar-refractivity contribution in [2.75, 3.05) is 0 Å². The molecule has 3 nitrogen and oxygen atoms in total. The zero-order chi connectivity index (χ0) is 17.5. The fraction of sp³-hybridized carbons (Fsp3) is 0.588. The standard InChI is InChI=1S/C17H21F3O3/c1-15(2,3)23-14(22)16(6-8-17(19,20)9-7-16)11-4-5-13(21)12(18)10-11/h4-5,10,21H,6-9H2,1-3H3. The van der Waals surface area contributed by atoms with Crippen LogP contribution in [-0.4, -0.2) is 22.6 Å². The summed E-state index contributed by atoms with van der Waals surface area (Å²) in [6.45, 7) is 5.06. The van der Waals surface area contributed by atoms with Gasteiger partial charge in [0.2, 0.25) is 5.92 Å². The maximum atomic E-state index is 13.7. The van der Waals surface area contributed by atoms with Crippen LogP contribution in [0.2, 0.25) is 0 Å². The molecule has 0 spiro atoms. The van der Waals surface area contributed by atoms with Crippen molar-refractivity contribution in [3.63, 3.8) is 0 Å². The van der Waals surface area contributed by atoms with Crippen molar-refractivity contribution in [3.05, 3.63) is 29.6 Å². The van der Waals surface area contributed by atoms with E-state index in [1.165, 1.54) is 6.07 Å². The summed E-state index contributed by atoms with van der Waals surface area (Å²) in [6.07, 6.45) is -1.18. The smallest absolute Gasteiger partial charge is 0.317 e. The number of carbonyl (C=O) groups is 1. The van der Waals surface area contributed by atoms with E-state index in [-0.39, 0.29) is 18.4 Å². The van der Waals surface area contributed by atoms with E-state index < -0.39 is 47.3 Å². The van der Waals surface area contributed by atoms with Crippen LogP contribution < -0.4 is 0 Å². The van der Waals surface area contributed by atoms with E-state index in [1.807, 2.05) is 0 Å². The predicted molar refractivity (Wildman–Crippen MR) is 79.0 cm³/mol. The van der Waals surface area contributed by atoms with Gasteiger partial charge in [-0.3, -0.25) is 4.79 Å². The molecule has 128 valence electrons. The van der Waals surface area contributed by atoms with Gasteiger partial charge in [0.1, 0.15) is 5.60 Å². The number of ether oxygens (including phenoxy) is 1. The van der Waals surface area contributed by atoms with Crippen molar-refractivity contribution in [2.45, 2.75) is 63.4 Å². The second kappa shape index (κ2) is 5.73. The second-order valence-electron chi connectivity index (χ2n) is 7.11. The minimum absolute atomic E-state index is 0.126. The summed E-state index contributed by atoms with van der Waals surface area (Å²) >= 11 is 0. The van der Waals surface area contributed by atoms with Crippen LogP contribution >= 0.6 is 0 Å². The lowest BCUT2D eigenvalue weighted by Crippen LogP contribution is -2.46. The van der Waals surface area contributed by atoms with Gasteiger partial charge in [0.15, 0.2) is 11.6 Å². The molecule has 1 aromatic rings. The average Bonchev–Trinajstić information content (AvgIpc) is 2.40. The molecule has 23 heavy (non-hydrogen) atoms. The van der Waals surface area contributed by atoms with Gasteiger partial charge in [-0.05, 0) is 51.3 Å². The quantitative estimate of drug-likeness (QED) is 0.822. The number of halogens is 3. The molecule has 0 aromatic heterocycles. The van der Waals surface area contributed by atoms with Gasteiger partial charge in [-0.15, -0.1) is 0 Å². The average molecular weight is 330 g/mol. The molecule has 0 atom stereocenters. The number of hydrogen-bond donors (Lipinski definition) is 1. The Bertz CT molecular complexity index is 596. The van der Waals surface area contributed by atoms with E-state index in [1.54, 1.807) is 20.8 Å². The minimum atomic E-state index is -2.83. The third kappa shape index (κ3) is 3.79. The first kappa shape index (κ1) is 17.6. The van der Waals surface area contributed by atoms with Gasteiger partial charge in [0, 0.05) is 12.8 Å². The van der Waals surface area contributed by atoms with Crippen LogP contribution in [0.5, 0.6) is 5.75 Å². The van der Waals surface area contributed by atoms with Gasteiger partial charge >= 0.3 is 5.97 Å². The van der Waals surface area contributed by atoms with Gasteiger partial charge in [-0.1, -0.05) is 6.07 Å². The molecule has 1 saturated carbocycles. The molecule has 0 saturated heterocycles. The maximum absolute atomic E-state index is 13.7. The summed E-state index contributed by atoms with van der Waals surface area (Å²) in [4.78, 5) is 12.7. The van der Waals surface area contributed by atoms with Crippen LogP contribution in [-0.2, 0) is 14.9 Å².